The Hall–Kier alpha value is -3.87. The first-order valence-corrected chi connectivity index (χ1v) is 9.08. The van der Waals surface area contributed by atoms with Crippen LogP contribution in [-0.4, -0.2) is 29.3 Å². The van der Waals surface area contributed by atoms with Crippen molar-refractivity contribution in [2.45, 2.75) is 13.0 Å². The third-order valence-corrected chi connectivity index (χ3v) is 4.42. The lowest BCUT2D eigenvalue weighted by Crippen LogP contribution is -2.30. The number of benzene rings is 3. The summed E-state index contributed by atoms with van der Waals surface area (Å²) in [6, 6.07) is 20.8. The maximum Gasteiger partial charge on any atom is 0.270 e. The van der Waals surface area contributed by atoms with E-state index in [0.717, 1.165) is 16.3 Å². The summed E-state index contributed by atoms with van der Waals surface area (Å²) in [5.41, 5.74) is 0.800. The fourth-order valence-corrected chi connectivity index (χ4v) is 2.97. The molecule has 1 aromatic heterocycles. The van der Waals surface area contributed by atoms with Gasteiger partial charge >= 0.3 is 0 Å². The number of amides is 1. The molecule has 29 heavy (non-hydrogen) atoms. The van der Waals surface area contributed by atoms with Crippen LogP contribution in [0.1, 0.15) is 6.92 Å². The normalized spacial score (nSPS) is 11.8. The second-order valence-corrected chi connectivity index (χ2v) is 6.35. The van der Waals surface area contributed by atoms with Crippen molar-refractivity contribution in [3.05, 3.63) is 66.7 Å². The summed E-state index contributed by atoms with van der Waals surface area (Å²) in [7, 11) is 1.54. The number of carbonyl (C=O) groups is 1. The van der Waals surface area contributed by atoms with Crippen LogP contribution in [0.2, 0.25) is 0 Å². The number of methoxy groups -OCH3 is 1. The highest BCUT2D eigenvalue weighted by Crippen LogP contribution is 2.29. The van der Waals surface area contributed by atoms with E-state index in [1.54, 1.807) is 32.2 Å². The SMILES string of the molecule is COc1ccccc1O[C@H](C)C(=O)Nc1noc(-c2cccc3ccccc23)n1. The maximum absolute atomic E-state index is 12.5. The van der Waals surface area contributed by atoms with Gasteiger partial charge in [0.2, 0.25) is 0 Å². The first-order chi connectivity index (χ1) is 14.2. The van der Waals surface area contributed by atoms with Crippen LogP contribution < -0.4 is 14.8 Å². The molecule has 0 saturated carbocycles. The van der Waals surface area contributed by atoms with Gasteiger partial charge in [-0.3, -0.25) is 10.1 Å². The molecule has 7 nitrogen and oxygen atoms in total. The number of nitrogens with one attached hydrogen (secondary N) is 1. The summed E-state index contributed by atoms with van der Waals surface area (Å²) >= 11 is 0. The van der Waals surface area contributed by atoms with E-state index in [1.165, 1.54) is 0 Å². The van der Waals surface area contributed by atoms with Crippen LogP contribution in [-0.2, 0) is 4.79 Å². The minimum atomic E-state index is -0.786. The number of fused-ring (bicyclic) bond motifs is 1. The Morgan fingerprint density at radius 3 is 2.55 bits per heavy atom. The van der Waals surface area contributed by atoms with E-state index in [4.69, 9.17) is 14.0 Å². The van der Waals surface area contributed by atoms with Gasteiger partial charge in [0.1, 0.15) is 0 Å². The summed E-state index contributed by atoms with van der Waals surface area (Å²) in [4.78, 5) is 16.8. The summed E-state index contributed by atoms with van der Waals surface area (Å²) in [6.45, 7) is 1.63. The first-order valence-electron chi connectivity index (χ1n) is 9.08. The van der Waals surface area contributed by atoms with E-state index in [9.17, 15) is 4.79 Å². The summed E-state index contributed by atoms with van der Waals surface area (Å²) < 4.78 is 16.3. The predicted octanol–water partition coefficient (Wildman–Crippen LogP) is 4.30. The van der Waals surface area contributed by atoms with Crippen molar-refractivity contribution in [3.8, 4) is 23.0 Å². The molecule has 0 fully saturated rings. The number of para-hydroxylation sites is 2. The molecule has 0 aliphatic heterocycles. The van der Waals surface area contributed by atoms with Crippen molar-refractivity contribution in [1.82, 2.24) is 10.1 Å². The van der Waals surface area contributed by atoms with Gasteiger partial charge in [0.25, 0.3) is 17.7 Å². The first kappa shape index (κ1) is 18.5. The van der Waals surface area contributed by atoms with Gasteiger partial charge in [-0.25, -0.2) is 0 Å². The van der Waals surface area contributed by atoms with E-state index in [0.29, 0.717) is 17.4 Å². The quantitative estimate of drug-likeness (QED) is 0.529. The van der Waals surface area contributed by atoms with Crippen LogP contribution in [0, 0.1) is 0 Å². The average molecular weight is 389 g/mol. The molecule has 0 radical (unpaired) electrons. The summed E-state index contributed by atoms with van der Waals surface area (Å²) in [6.07, 6.45) is -0.786. The van der Waals surface area contributed by atoms with E-state index in [1.807, 2.05) is 48.5 Å². The second-order valence-electron chi connectivity index (χ2n) is 6.35. The number of ether oxygens (including phenoxy) is 2. The third kappa shape index (κ3) is 3.89. The van der Waals surface area contributed by atoms with E-state index >= 15 is 0 Å². The number of aromatic nitrogens is 2. The molecule has 4 aromatic rings. The summed E-state index contributed by atoms with van der Waals surface area (Å²) in [5.74, 6) is 1.03. The van der Waals surface area contributed by atoms with Crippen LogP contribution in [0.4, 0.5) is 5.95 Å². The molecule has 7 heteroatoms. The molecule has 1 N–H and O–H groups in total. The molecule has 0 spiro atoms. The van der Waals surface area contributed by atoms with Crippen molar-refractivity contribution >= 4 is 22.6 Å². The van der Waals surface area contributed by atoms with Crippen LogP contribution in [0.25, 0.3) is 22.2 Å². The topological polar surface area (TPSA) is 86.5 Å². The zero-order chi connectivity index (χ0) is 20.2. The predicted molar refractivity (Wildman–Crippen MR) is 109 cm³/mol. The Balaban J connectivity index is 1.49. The highest BCUT2D eigenvalue weighted by molar-refractivity contribution is 5.95. The monoisotopic (exact) mass is 389 g/mol. The van der Waals surface area contributed by atoms with Gasteiger partial charge in [0.05, 0.1) is 7.11 Å². The fourth-order valence-electron chi connectivity index (χ4n) is 2.97. The lowest BCUT2D eigenvalue weighted by molar-refractivity contribution is -0.122. The average Bonchev–Trinajstić information content (AvgIpc) is 3.22. The fraction of sp³-hybridized carbons (Fsp3) is 0.136. The highest BCUT2D eigenvalue weighted by atomic mass is 16.5. The van der Waals surface area contributed by atoms with Crippen molar-refractivity contribution in [1.29, 1.82) is 0 Å². The molecule has 4 rings (SSSR count). The number of nitrogens with zero attached hydrogens (tertiary/aromatic N) is 2. The van der Waals surface area contributed by atoms with Gasteiger partial charge < -0.3 is 14.0 Å². The molecule has 3 aromatic carbocycles. The molecule has 1 atom stereocenters. The van der Waals surface area contributed by atoms with E-state index in [-0.39, 0.29) is 5.95 Å². The van der Waals surface area contributed by atoms with Gasteiger partial charge in [-0.05, 0) is 41.1 Å². The molecular weight excluding hydrogens is 370 g/mol. The smallest absolute Gasteiger partial charge is 0.270 e. The van der Waals surface area contributed by atoms with Crippen LogP contribution >= 0.6 is 0 Å². The zero-order valence-electron chi connectivity index (χ0n) is 16.0. The Kier molecular flexibility index (Phi) is 5.11. The summed E-state index contributed by atoms with van der Waals surface area (Å²) in [5, 5.41) is 8.53. The Morgan fingerprint density at radius 1 is 1.00 bits per heavy atom. The Labute approximate surface area is 167 Å². The van der Waals surface area contributed by atoms with Crippen molar-refractivity contribution in [3.63, 3.8) is 0 Å². The van der Waals surface area contributed by atoms with Gasteiger partial charge in [0, 0.05) is 5.56 Å². The molecular formula is C22H19N3O4. The molecule has 0 aliphatic rings. The van der Waals surface area contributed by atoms with E-state index in [2.05, 4.69) is 15.5 Å². The lowest BCUT2D eigenvalue weighted by atomic mass is 10.0. The van der Waals surface area contributed by atoms with Gasteiger partial charge in [-0.15, -0.1) is 0 Å². The second kappa shape index (κ2) is 8.02. The number of carbonyl (C=O) groups excluding carboxylic acids is 1. The van der Waals surface area contributed by atoms with Crippen LogP contribution in [0.5, 0.6) is 11.5 Å². The number of hydrogen-bond acceptors (Lipinski definition) is 6. The standard InChI is InChI=1S/C22H19N3O4/c1-14(28-19-13-6-5-12-18(19)27-2)20(26)23-22-24-21(29-25-22)17-11-7-9-15-8-3-4-10-16(15)17/h3-14H,1-2H3,(H,23,25,26)/t14-/m1/s1. The van der Waals surface area contributed by atoms with Crippen LogP contribution in [0.3, 0.4) is 0 Å². The largest absolute Gasteiger partial charge is 0.493 e. The lowest BCUT2D eigenvalue weighted by Gasteiger charge is -2.15. The molecule has 0 saturated heterocycles. The zero-order valence-corrected chi connectivity index (χ0v) is 16.0. The molecule has 1 heterocycles. The number of anilines is 1. The van der Waals surface area contributed by atoms with Crippen molar-refractivity contribution in [2.24, 2.45) is 0 Å². The molecule has 0 bridgehead atoms. The van der Waals surface area contributed by atoms with Crippen LogP contribution in [0.15, 0.2) is 71.3 Å². The number of hydrogen-bond donors (Lipinski definition) is 1. The maximum atomic E-state index is 12.5. The minimum absolute atomic E-state index is 0.0772. The van der Waals surface area contributed by atoms with E-state index < -0.39 is 12.0 Å². The molecule has 0 unspecified atom stereocenters. The highest BCUT2D eigenvalue weighted by Gasteiger charge is 2.20. The van der Waals surface area contributed by atoms with Gasteiger partial charge in [-0.2, -0.15) is 4.98 Å². The Morgan fingerprint density at radius 2 is 1.72 bits per heavy atom. The third-order valence-electron chi connectivity index (χ3n) is 4.42. The van der Waals surface area contributed by atoms with Crippen molar-refractivity contribution < 1.29 is 18.8 Å². The molecule has 0 aliphatic carbocycles. The van der Waals surface area contributed by atoms with Gasteiger partial charge in [-0.1, -0.05) is 48.5 Å². The van der Waals surface area contributed by atoms with Gasteiger partial charge in [0.15, 0.2) is 17.6 Å². The number of rotatable bonds is 6. The molecule has 146 valence electrons. The molecule has 1 amide bonds. The minimum Gasteiger partial charge on any atom is -0.493 e. The Bertz CT molecular complexity index is 1150. The van der Waals surface area contributed by atoms with Crippen molar-refractivity contribution in [2.75, 3.05) is 12.4 Å².